The first-order chi connectivity index (χ1) is 17.2. The van der Waals surface area contributed by atoms with Crippen LogP contribution in [0.2, 0.25) is 10.0 Å². The highest BCUT2D eigenvalue weighted by atomic mass is 79.9. The van der Waals surface area contributed by atoms with Crippen LogP contribution in [0.15, 0.2) is 75.0 Å². The number of hydrogen-bond acceptors (Lipinski definition) is 3. The van der Waals surface area contributed by atoms with Gasteiger partial charge in [0.25, 0.3) is 5.56 Å². The van der Waals surface area contributed by atoms with Gasteiger partial charge in [0.1, 0.15) is 5.82 Å². The van der Waals surface area contributed by atoms with E-state index in [4.69, 9.17) is 28.2 Å². The Morgan fingerprint density at radius 2 is 1.81 bits per heavy atom. The van der Waals surface area contributed by atoms with Gasteiger partial charge in [-0.3, -0.25) is 4.79 Å². The molecule has 0 aliphatic heterocycles. The Morgan fingerprint density at radius 3 is 2.56 bits per heavy atom. The van der Waals surface area contributed by atoms with Crippen LogP contribution in [0.3, 0.4) is 0 Å². The maximum absolute atomic E-state index is 13.4. The molecule has 5 nitrogen and oxygen atoms in total. The number of nitrogens with zero attached hydrogens (tertiary/aromatic N) is 4. The van der Waals surface area contributed by atoms with Gasteiger partial charge >= 0.3 is 0 Å². The molecule has 0 aliphatic carbocycles. The lowest BCUT2D eigenvalue weighted by molar-refractivity contribution is 0.665. The van der Waals surface area contributed by atoms with Gasteiger partial charge in [-0.15, -0.1) is 0 Å². The van der Waals surface area contributed by atoms with Gasteiger partial charge in [-0.05, 0) is 48.9 Å². The van der Waals surface area contributed by atoms with Crippen LogP contribution in [0.1, 0.15) is 42.4 Å². The van der Waals surface area contributed by atoms with E-state index in [0.717, 1.165) is 32.2 Å². The molecule has 36 heavy (non-hydrogen) atoms. The molecule has 0 N–H and O–H groups in total. The van der Waals surface area contributed by atoms with Gasteiger partial charge in [0, 0.05) is 39.1 Å². The quantitative estimate of drug-likeness (QED) is 0.199. The first-order valence-electron chi connectivity index (χ1n) is 11.5. The van der Waals surface area contributed by atoms with Crippen molar-refractivity contribution in [2.75, 3.05) is 0 Å². The van der Waals surface area contributed by atoms with Crippen molar-refractivity contribution in [1.82, 2.24) is 14.2 Å². The van der Waals surface area contributed by atoms with E-state index in [-0.39, 0.29) is 11.5 Å². The van der Waals surface area contributed by atoms with Crippen molar-refractivity contribution < 1.29 is 0 Å². The lowest BCUT2D eigenvalue weighted by Crippen LogP contribution is -2.23. The molecule has 0 fully saturated rings. The second kappa shape index (κ2) is 9.85. The zero-order valence-electron chi connectivity index (χ0n) is 20.0. The van der Waals surface area contributed by atoms with Crippen LogP contribution in [0.25, 0.3) is 21.8 Å². The lowest BCUT2D eigenvalue weighted by Gasteiger charge is -2.12. The number of aromatic nitrogens is 3. The van der Waals surface area contributed by atoms with Gasteiger partial charge in [-0.1, -0.05) is 77.2 Å². The smallest absolute Gasteiger partial charge is 0.282 e. The largest absolute Gasteiger partial charge is 0.340 e. The summed E-state index contributed by atoms with van der Waals surface area (Å²) in [5.41, 5.74) is 4.55. The minimum atomic E-state index is -0.196. The average molecular weight is 582 g/mol. The Labute approximate surface area is 227 Å². The fourth-order valence-electron chi connectivity index (χ4n) is 4.41. The molecule has 2 aromatic heterocycles. The summed E-state index contributed by atoms with van der Waals surface area (Å²) in [7, 11) is 0. The third kappa shape index (κ3) is 4.49. The highest BCUT2D eigenvalue weighted by molar-refractivity contribution is 9.10. The van der Waals surface area contributed by atoms with Gasteiger partial charge < -0.3 is 4.57 Å². The second-order valence-electron chi connectivity index (χ2n) is 9.00. The summed E-state index contributed by atoms with van der Waals surface area (Å²) < 4.78 is 4.46. The molecule has 0 saturated carbocycles. The van der Waals surface area contributed by atoms with Gasteiger partial charge in [-0.2, -0.15) is 9.78 Å². The molecular formula is C28H23BrCl2N4O. The van der Waals surface area contributed by atoms with Crippen LogP contribution in [-0.4, -0.2) is 20.4 Å². The molecule has 0 bridgehead atoms. The van der Waals surface area contributed by atoms with E-state index in [2.05, 4.69) is 44.7 Å². The number of benzene rings is 3. The van der Waals surface area contributed by atoms with Gasteiger partial charge in [0.15, 0.2) is 0 Å². The zero-order chi connectivity index (χ0) is 25.6. The highest BCUT2D eigenvalue weighted by Crippen LogP contribution is 2.28. The summed E-state index contributed by atoms with van der Waals surface area (Å²) in [6, 6.07) is 19.4. The number of halogens is 3. The Bertz CT molecular complexity index is 1720. The predicted octanol–water partition coefficient (Wildman–Crippen LogP) is 7.78. The summed E-state index contributed by atoms with van der Waals surface area (Å²) in [5.74, 6) is 0.628. The number of para-hydroxylation sites is 1. The third-order valence-electron chi connectivity index (χ3n) is 6.26. The van der Waals surface area contributed by atoms with E-state index in [1.54, 1.807) is 12.3 Å². The van der Waals surface area contributed by atoms with Crippen molar-refractivity contribution in [2.45, 2.75) is 33.2 Å². The normalized spacial score (nSPS) is 12.0. The number of fused-ring (bicyclic) bond motifs is 2. The van der Waals surface area contributed by atoms with Gasteiger partial charge in [-0.25, -0.2) is 4.98 Å². The van der Waals surface area contributed by atoms with E-state index < -0.39 is 0 Å². The molecule has 3 aromatic carbocycles. The Balaban J connectivity index is 1.65. The summed E-state index contributed by atoms with van der Waals surface area (Å²) in [4.78, 5) is 18.2. The van der Waals surface area contributed by atoms with Crippen molar-refractivity contribution in [3.05, 3.63) is 108 Å². The van der Waals surface area contributed by atoms with Crippen LogP contribution < -0.4 is 5.56 Å². The molecule has 0 unspecified atom stereocenters. The molecule has 8 heteroatoms. The number of hydrogen-bond donors (Lipinski definition) is 0. The van der Waals surface area contributed by atoms with E-state index >= 15 is 0 Å². The number of rotatable bonds is 5. The van der Waals surface area contributed by atoms with Gasteiger partial charge in [0.05, 0.1) is 27.2 Å². The summed E-state index contributed by atoms with van der Waals surface area (Å²) >= 11 is 15.8. The first kappa shape index (κ1) is 24.8. The van der Waals surface area contributed by atoms with E-state index in [1.165, 1.54) is 4.68 Å². The maximum Gasteiger partial charge on any atom is 0.282 e. The van der Waals surface area contributed by atoms with E-state index in [0.29, 0.717) is 33.3 Å². The highest BCUT2D eigenvalue weighted by Gasteiger charge is 2.16. The monoisotopic (exact) mass is 580 g/mol. The summed E-state index contributed by atoms with van der Waals surface area (Å²) in [6.45, 7) is 6.69. The lowest BCUT2D eigenvalue weighted by atomic mass is 10.1. The van der Waals surface area contributed by atoms with Crippen LogP contribution >= 0.6 is 39.1 Å². The molecule has 0 amide bonds. The van der Waals surface area contributed by atoms with E-state index in [1.807, 2.05) is 56.3 Å². The maximum atomic E-state index is 13.4. The minimum absolute atomic E-state index is 0.0139. The Hall–Kier alpha value is -2.93. The second-order valence-corrected chi connectivity index (χ2v) is 10.7. The fourth-order valence-corrected chi connectivity index (χ4v) is 5.09. The summed E-state index contributed by atoms with van der Waals surface area (Å²) in [6.07, 6.45) is 1.77. The average Bonchev–Trinajstić information content (AvgIpc) is 3.11. The molecular weight excluding hydrogens is 559 g/mol. The van der Waals surface area contributed by atoms with Crippen molar-refractivity contribution in [3.8, 4) is 0 Å². The Morgan fingerprint density at radius 1 is 1.03 bits per heavy atom. The van der Waals surface area contributed by atoms with Crippen molar-refractivity contribution >= 4 is 67.2 Å². The Kier molecular flexibility index (Phi) is 6.77. The molecule has 0 aliphatic rings. The molecule has 182 valence electrons. The zero-order valence-corrected chi connectivity index (χ0v) is 23.1. The standard InChI is InChI=1S/C28H23BrCl2N4O/c1-16(2)27-33-25-11-9-19(29)13-21(25)28(36)35(27)32-14-22-17(3)34(26-7-5-4-6-20(22)26)15-18-8-10-23(30)24(31)12-18/h4-14,16H,15H2,1-3H3. The molecule has 0 atom stereocenters. The van der Waals surface area contributed by atoms with Crippen LogP contribution in [0, 0.1) is 6.92 Å². The molecule has 5 rings (SSSR count). The van der Waals surface area contributed by atoms with Crippen LogP contribution in [-0.2, 0) is 6.54 Å². The topological polar surface area (TPSA) is 52.2 Å². The van der Waals surface area contributed by atoms with Crippen molar-refractivity contribution in [1.29, 1.82) is 0 Å². The fraction of sp³-hybridized carbons (Fsp3) is 0.179. The van der Waals surface area contributed by atoms with Crippen molar-refractivity contribution in [3.63, 3.8) is 0 Å². The third-order valence-corrected chi connectivity index (χ3v) is 7.49. The van der Waals surface area contributed by atoms with Gasteiger partial charge in [0.2, 0.25) is 0 Å². The summed E-state index contributed by atoms with van der Waals surface area (Å²) in [5, 5.41) is 7.31. The van der Waals surface area contributed by atoms with Crippen LogP contribution in [0.5, 0.6) is 0 Å². The first-order valence-corrected chi connectivity index (χ1v) is 13.1. The predicted molar refractivity (Wildman–Crippen MR) is 153 cm³/mol. The molecule has 5 aromatic rings. The van der Waals surface area contributed by atoms with Crippen molar-refractivity contribution in [2.24, 2.45) is 5.10 Å². The van der Waals surface area contributed by atoms with E-state index in [9.17, 15) is 4.79 Å². The molecule has 0 radical (unpaired) electrons. The van der Waals surface area contributed by atoms with Crippen LogP contribution in [0.4, 0.5) is 0 Å². The minimum Gasteiger partial charge on any atom is -0.340 e. The SMILES string of the molecule is Cc1c(C=Nn2c(C(C)C)nc3ccc(Br)cc3c2=O)c2ccccc2n1Cc1ccc(Cl)c(Cl)c1. The molecule has 0 saturated heterocycles. The molecule has 2 heterocycles. The molecule has 0 spiro atoms.